The van der Waals surface area contributed by atoms with Crippen molar-refractivity contribution in [1.29, 1.82) is 0 Å². The Morgan fingerprint density at radius 3 is 2.81 bits per heavy atom. The second-order valence-corrected chi connectivity index (χ2v) is 4.91. The minimum Gasteiger partial charge on any atom is -0.305 e. The molecule has 0 bridgehead atoms. The fourth-order valence-electron chi connectivity index (χ4n) is 2.43. The van der Waals surface area contributed by atoms with E-state index in [1.165, 1.54) is 10.7 Å². The molecule has 0 atom stereocenters. The molecule has 0 unspecified atom stereocenters. The molecule has 0 radical (unpaired) electrons. The van der Waals surface area contributed by atoms with E-state index in [1.54, 1.807) is 25.2 Å². The molecule has 2 aromatic heterocycles. The molecule has 0 saturated heterocycles. The zero-order chi connectivity index (χ0) is 15.0. The van der Waals surface area contributed by atoms with Gasteiger partial charge in [0.2, 0.25) is 0 Å². The van der Waals surface area contributed by atoms with Crippen molar-refractivity contribution in [3.05, 3.63) is 46.1 Å². The number of rotatable bonds is 3. The van der Waals surface area contributed by atoms with E-state index in [1.807, 2.05) is 6.92 Å². The summed E-state index contributed by atoms with van der Waals surface area (Å²) in [4.78, 5) is 19.3. The molecule has 0 saturated carbocycles. The van der Waals surface area contributed by atoms with Gasteiger partial charge in [0.05, 0.1) is 11.3 Å². The van der Waals surface area contributed by atoms with Gasteiger partial charge in [-0.1, -0.05) is 25.5 Å². The first kappa shape index (κ1) is 13.5. The van der Waals surface area contributed by atoms with Crippen molar-refractivity contribution >= 4 is 11.0 Å². The van der Waals surface area contributed by atoms with Crippen molar-refractivity contribution < 1.29 is 4.39 Å². The van der Waals surface area contributed by atoms with Crippen LogP contribution >= 0.6 is 0 Å². The molecule has 3 rings (SSSR count). The van der Waals surface area contributed by atoms with Crippen LogP contribution in [0.15, 0.2) is 29.1 Å². The number of halogens is 1. The number of aromatic nitrogens is 4. The van der Waals surface area contributed by atoms with Gasteiger partial charge >= 0.3 is 0 Å². The van der Waals surface area contributed by atoms with Crippen LogP contribution in [0.25, 0.3) is 22.4 Å². The van der Waals surface area contributed by atoms with Crippen molar-refractivity contribution in [1.82, 2.24) is 19.7 Å². The SMILES string of the molecule is CCCc1nn(C)c2c(=O)[nH]c(-c3ccccc3F)nc12. The Labute approximate surface area is 120 Å². The van der Waals surface area contributed by atoms with Gasteiger partial charge in [-0.25, -0.2) is 9.37 Å². The Bertz CT molecular complexity index is 866. The first-order valence-electron chi connectivity index (χ1n) is 6.82. The Hall–Kier alpha value is -2.50. The summed E-state index contributed by atoms with van der Waals surface area (Å²) in [6, 6.07) is 6.24. The summed E-state index contributed by atoms with van der Waals surface area (Å²) < 4.78 is 15.4. The van der Waals surface area contributed by atoms with E-state index >= 15 is 0 Å². The van der Waals surface area contributed by atoms with Crippen molar-refractivity contribution in [2.75, 3.05) is 0 Å². The molecule has 0 aliphatic carbocycles. The molecule has 0 spiro atoms. The molecule has 3 aromatic rings. The zero-order valence-electron chi connectivity index (χ0n) is 11.9. The number of aryl methyl sites for hydroxylation is 2. The average molecular weight is 286 g/mol. The third kappa shape index (κ3) is 2.22. The van der Waals surface area contributed by atoms with Crippen LogP contribution in [-0.4, -0.2) is 19.7 Å². The minimum absolute atomic E-state index is 0.232. The summed E-state index contributed by atoms with van der Waals surface area (Å²) in [6.45, 7) is 2.03. The number of benzene rings is 1. The van der Waals surface area contributed by atoms with Gasteiger partial charge in [-0.3, -0.25) is 9.48 Å². The maximum atomic E-state index is 13.9. The molecule has 1 N–H and O–H groups in total. The molecule has 5 nitrogen and oxygen atoms in total. The summed E-state index contributed by atoms with van der Waals surface area (Å²) >= 11 is 0. The van der Waals surface area contributed by atoms with Crippen molar-refractivity contribution in [2.24, 2.45) is 7.05 Å². The van der Waals surface area contributed by atoms with Crippen LogP contribution in [0.1, 0.15) is 19.0 Å². The van der Waals surface area contributed by atoms with Crippen molar-refractivity contribution in [3.8, 4) is 11.4 Å². The van der Waals surface area contributed by atoms with E-state index in [0.717, 1.165) is 18.5 Å². The molecule has 0 aliphatic heterocycles. The van der Waals surface area contributed by atoms with Crippen LogP contribution < -0.4 is 5.56 Å². The second-order valence-electron chi connectivity index (χ2n) is 4.91. The summed E-state index contributed by atoms with van der Waals surface area (Å²) in [6.07, 6.45) is 1.63. The second kappa shape index (κ2) is 5.12. The average Bonchev–Trinajstić information content (AvgIpc) is 2.77. The minimum atomic E-state index is -0.416. The number of hydrogen-bond donors (Lipinski definition) is 1. The highest BCUT2D eigenvalue weighted by Crippen LogP contribution is 2.21. The van der Waals surface area contributed by atoms with Gasteiger partial charge in [-0.2, -0.15) is 5.10 Å². The largest absolute Gasteiger partial charge is 0.305 e. The Morgan fingerprint density at radius 2 is 2.10 bits per heavy atom. The zero-order valence-corrected chi connectivity index (χ0v) is 11.9. The van der Waals surface area contributed by atoms with Gasteiger partial charge in [0.15, 0.2) is 5.52 Å². The summed E-state index contributed by atoms with van der Waals surface area (Å²) in [5.41, 5.74) is 1.69. The molecule has 0 fully saturated rings. The number of hydrogen-bond acceptors (Lipinski definition) is 3. The molecule has 1 aromatic carbocycles. The van der Waals surface area contributed by atoms with Crippen molar-refractivity contribution in [2.45, 2.75) is 19.8 Å². The van der Waals surface area contributed by atoms with Crippen LogP contribution in [-0.2, 0) is 13.5 Å². The molecule has 6 heteroatoms. The van der Waals surface area contributed by atoms with E-state index in [2.05, 4.69) is 15.1 Å². The fraction of sp³-hybridized carbons (Fsp3) is 0.267. The summed E-state index contributed by atoms with van der Waals surface area (Å²) in [5.74, 6) is -0.183. The van der Waals surface area contributed by atoms with Gasteiger partial charge in [-0.15, -0.1) is 0 Å². The number of nitrogens with zero attached hydrogens (tertiary/aromatic N) is 3. The quantitative estimate of drug-likeness (QED) is 0.804. The molecule has 108 valence electrons. The molecule has 2 heterocycles. The number of aromatic amines is 1. The van der Waals surface area contributed by atoms with E-state index in [4.69, 9.17) is 0 Å². The fourth-order valence-corrected chi connectivity index (χ4v) is 2.43. The first-order chi connectivity index (χ1) is 10.1. The highest BCUT2D eigenvalue weighted by molar-refractivity contribution is 5.78. The standard InChI is InChI=1S/C15H15FN4O/c1-3-6-11-12-13(20(2)19-11)15(21)18-14(17-12)9-7-4-5-8-10(9)16/h4-5,7-8H,3,6H2,1-2H3,(H,17,18,21). The van der Waals surface area contributed by atoms with Gasteiger partial charge < -0.3 is 4.98 Å². The first-order valence-corrected chi connectivity index (χ1v) is 6.82. The summed E-state index contributed by atoms with van der Waals surface area (Å²) in [7, 11) is 1.71. The highest BCUT2D eigenvalue weighted by Gasteiger charge is 2.16. The lowest BCUT2D eigenvalue weighted by molar-refractivity contribution is 0.630. The van der Waals surface area contributed by atoms with Crippen molar-refractivity contribution in [3.63, 3.8) is 0 Å². The predicted molar refractivity (Wildman–Crippen MR) is 78.5 cm³/mol. The van der Waals surface area contributed by atoms with Crippen LogP contribution in [0.3, 0.4) is 0 Å². The van der Waals surface area contributed by atoms with Gasteiger partial charge in [0, 0.05) is 7.05 Å². The highest BCUT2D eigenvalue weighted by atomic mass is 19.1. The smallest absolute Gasteiger partial charge is 0.277 e. The molecular formula is C15H15FN4O. The van der Waals surface area contributed by atoms with Crippen LogP contribution in [0, 0.1) is 5.82 Å². The summed E-state index contributed by atoms with van der Waals surface area (Å²) in [5, 5.41) is 4.34. The van der Waals surface area contributed by atoms with E-state index in [0.29, 0.717) is 11.0 Å². The maximum absolute atomic E-state index is 13.9. The normalized spacial score (nSPS) is 11.2. The van der Waals surface area contributed by atoms with E-state index < -0.39 is 5.82 Å². The number of fused-ring (bicyclic) bond motifs is 1. The molecule has 0 aliphatic rings. The maximum Gasteiger partial charge on any atom is 0.277 e. The lowest BCUT2D eigenvalue weighted by Gasteiger charge is -2.03. The van der Waals surface area contributed by atoms with Crippen LogP contribution in [0.2, 0.25) is 0 Å². The molecular weight excluding hydrogens is 271 g/mol. The number of nitrogens with one attached hydrogen (secondary N) is 1. The Kier molecular flexibility index (Phi) is 3.29. The lowest BCUT2D eigenvalue weighted by Crippen LogP contribution is -2.12. The third-order valence-electron chi connectivity index (χ3n) is 3.38. The van der Waals surface area contributed by atoms with Gasteiger partial charge in [0.1, 0.15) is 17.2 Å². The van der Waals surface area contributed by atoms with Gasteiger partial charge in [-0.05, 0) is 18.6 Å². The van der Waals surface area contributed by atoms with E-state index in [9.17, 15) is 9.18 Å². The topological polar surface area (TPSA) is 63.6 Å². The Balaban J connectivity index is 2.30. The number of H-pyrrole nitrogens is 1. The monoisotopic (exact) mass is 286 g/mol. The lowest BCUT2D eigenvalue weighted by atomic mass is 10.2. The molecule has 21 heavy (non-hydrogen) atoms. The Morgan fingerprint density at radius 1 is 1.33 bits per heavy atom. The predicted octanol–water partition coefficient (Wildman–Crippen LogP) is 2.42. The van der Waals surface area contributed by atoms with Crippen LogP contribution in [0.5, 0.6) is 0 Å². The van der Waals surface area contributed by atoms with Gasteiger partial charge in [0.25, 0.3) is 5.56 Å². The molecule has 0 amide bonds. The van der Waals surface area contributed by atoms with Crippen LogP contribution in [0.4, 0.5) is 4.39 Å². The third-order valence-corrected chi connectivity index (χ3v) is 3.38. The van der Waals surface area contributed by atoms with E-state index in [-0.39, 0.29) is 16.9 Å².